The first kappa shape index (κ1) is 21.0. The number of hydrogen-bond acceptors (Lipinski definition) is 4. The van der Waals surface area contributed by atoms with E-state index >= 15 is 0 Å². The average Bonchev–Trinajstić information content (AvgIpc) is 2.74. The number of nitrogens with zero attached hydrogens (tertiary/aromatic N) is 1. The summed E-state index contributed by atoms with van der Waals surface area (Å²) in [6, 6.07) is 8.54. The largest absolute Gasteiger partial charge is 0.488 e. The predicted molar refractivity (Wildman–Crippen MR) is 114 cm³/mol. The second kappa shape index (κ2) is 8.37. The quantitative estimate of drug-likeness (QED) is 0.528. The predicted octanol–water partition coefficient (Wildman–Crippen LogP) is 4.79. The molecule has 1 amide bonds. The maximum Gasteiger partial charge on any atom is 0.338 e. The fraction of sp³-hybridized carbons (Fsp3) is 0.167. The molecule has 1 aliphatic rings. The van der Waals surface area contributed by atoms with Crippen molar-refractivity contribution in [1.29, 1.82) is 0 Å². The van der Waals surface area contributed by atoms with Crippen LogP contribution in [0.2, 0.25) is 0 Å². The Morgan fingerprint density at radius 3 is 2.50 bits per heavy atom. The summed E-state index contributed by atoms with van der Waals surface area (Å²) < 4.78 is 24.9. The van der Waals surface area contributed by atoms with Gasteiger partial charge in [0.05, 0.1) is 12.7 Å². The molecule has 0 saturated carbocycles. The Morgan fingerprint density at radius 2 is 1.90 bits per heavy atom. The van der Waals surface area contributed by atoms with Crippen LogP contribution >= 0.6 is 0 Å². The van der Waals surface area contributed by atoms with Crippen LogP contribution in [0.5, 0.6) is 5.75 Å². The highest BCUT2D eigenvalue weighted by Gasteiger charge is 2.25. The van der Waals surface area contributed by atoms with Crippen molar-refractivity contribution in [3.05, 3.63) is 83.7 Å². The lowest BCUT2D eigenvalue weighted by Gasteiger charge is -2.24. The van der Waals surface area contributed by atoms with Gasteiger partial charge in [-0.3, -0.25) is 4.79 Å². The minimum Gasteiger partial charge on any atom is -0.488 e. The van der Waals surface area contributed by atoms with Crippen molar-refractivity contribution in [2.75, 3.05) is 21.2 Å². The second-order valence-corrected chi connectivity index (χ2v) is 6.97. The van der Waals surface area contributed by atoms with E-state index in [1.54, 1.807) is 38.4 Å². The maximum atomic E-state index is 14.1. The smallest absolute Gasteiger partial charge is 0.338 e. The normalized spacial score (nSPS) is 12.2. The first-order valence-electron chi connectivity index (χ1n) is 9.20. The minimum absolute atomic E-state index is 0.116. The molecule has 0 N–H and O–H groups in total. The van der Waals surface area contributed by atoms with E-state index in [0.717, 1.165) is 11.1 Å². The number of amides is 1. The third-order valence-electron chi connectivity index (χ3n) is 4.82. The molecule has 154 valence electrons. The molecule has 0 radical (unpaired) electrons. The molecule has 0 aromatic heterocycles. The fourth-order valence-corrected chi connectivity index (χ4v) is 3.38. The number of carbonyl (C=O) groups excluding carboxylic acids is 2. The van der Waals surface area contributed by atoms with Gasteiger partial charge in [0, 0.05) is 36.4 Å². The summed E-state index contributed by atoms with van der Waals surface area (Å²) >= 11 is 0. The van der Waals surface area contributed by atoms with Gasteiger partial charge in [-0.25, -0.2) is 9.18 Å². The standard InChI is InChI=1S/C24H22FNO4/c1-6-7-17(14(2)25)19-12-22-20(11-21(19)24(28)29-5)18-9-8-15(23(27)26(3)4)10-16(18)13-30-22/h6-12H,1-2,13H2,3-5H3/b17-7+. The van der Waals surface area contributed by atoms with Crippen molar-refractivity contribution in [2.24, 2.45) is 0 Å². The van der Waals surface area contributed by atoms with E-state index < -0.39 is 11.8 Å². The molecule has 5 nitrogen and oxygen atoms in total. The first-order valence-corrected chi connectivity index (χ1v) is 9.20. The van der Waals surface area contributed by atoms with E-state index in [4.69, 9.17) is 9.47 Å². The zero-order chi connectivity index (χ0) is 22.0. The third-order valence-corrected chi connectivity index (χ3v) is 4.82. The molecule has 0 fully saturated rings. The zero-order valence-corrected chi connectivity index (χ0v) is 17.1. The maximum absolute atomic E-state index is 14.1. The molecule has 0 atom stereocenters. The lowest BCUT2D eigenvalue weighted by Crippen LogP contribution is -2.22. The van der Waals surface area contributed by atoms with Crippen LogP contribution in [0.1, 0.15) is 31.8 Å². The average molecular weight is 407 g/mol. The topological polar surface area (TPSA) is 55.8 Å². The molecule has 3 rings (SSSR count). The summed E-state index contributed by atoms with van der Waals surface area (Å²) in [5, 5.41) is 0. The number of halogens is 1. The van der Waals surface area contributed by atoms with E-state index in [0.29, 0.717) is 22.4 Å². The Labute approximate surface area is 174 Å². The molecular formula is C24H22FNO4. The van der Waals surface area contributed by atoms with Gasteiger partial charge in [0.15, 0.2) is 0 Å². The molecule has 0 bridgehead atoms. The van der Waals surface area contributed by atoms with Crippen molar-refractivity contribution in [3.8, 4) is 16.9 Å². The van der Waals surface area contributed by atoms with E-state index in [2.05, 4.69) is 13.2 Å². The third kappa shape index (κ3) is 3.76. The Bertz CT molecular complexity index is 1100. The highest BCUT2D eigenvalue weighted by molar-refractivity contribution is 6.00. The van der Waals surface area contributed by atoms with Gasteiger partial charge in [-0.15, -0.1) is 0 Å². The summed E-state index contributed by atoms with van der Waals surface area (Å²) in [6.07, 6.45) is 2.85. The van der Waals surface area contributed by atoms with Gasteiger partial charge in [-0.1, -0.05) is 31.4 Å². The molecule has 2 aromatic carbocycles. The Hall–Kier alpha value is -3.67. The lowest BCUT2D eigenvalue weighted by atomic mass is 9.89. The van der Waals surface area contributed by atoms with Crippen LogP contribution in [-0.2, 0) is 11.3 Å². The molecule has 0 unspecified atom stereocenters. The zero-order valence-electron chi connectivity index (χ0n) is 17.1. The molecule has 1 heterocycles. The number of ether oxygens (including phenoxy) is 2. The van der Waals surface area contributed by atoms with Gasteiger partial charge in [-0.05, 0) is 35.4 Å². The van der Waals surface area contributed by atoms with Crippen molar-refractivity contribution >= 4 is 17.4 Å². The summed E-state index contributed by atoms with van der Waals surface area (Å²) in [6.45, 7) is 7.19. The van der Waals surface area contributed by atoms with E-state index in [-0.39, 0.29) is 23.7 Å². The SMILES string of the molecule is C=C/C=C(\C(=C)F)c1cc2c(cc1C(=O)OC)-c1ccc(C(=O)N(C)C)cc1CO2. The van der Waals surface area contributed by atoms with Gasteiger partial charge >= 0.3 is 5.97 Å². The van der Waals surface area contributed by atoms with E-state index in [1.807, 2.05) is 6.07 Å². The number of carbonyl (C=O) groups is 2. The number of allylic oxidation sites excluding steroid dienone is 4. The number of rotatable bonds is 5. The Kier molecular flexibility index (Phi) is 5.87. The molecule has 0 spiro atoms. The van der Waals surface area contributed by atoms with Gasteiger partial charge in [-0.2, -0.15) is 0 Å². The van der Waals surface area contributed by atoms with Gasteiger partial charge in [0.1, 0.15) is 18.2 Å². The van der Waals surface area contributed by atoms with Crippen LogP contribution in [0.15, 0.2) is 61.5 Å². The molecule has 6 heteroatoms. The Balaban J connectivity index is 2.21. The molecular weight excluding hydrogens is 385 g/mol. The van der Waals surface area contributed by atoms with Crippen molar-refractivity contribution in [1.82, 2.24) is 4.90 Å². The molecule has 1 aliphatic heterocycles. The van der Waals surface area contributed by atoms with Crippen LogP contribution in [0.25, 0.3) is 16.7 Å². The highest BCUT2D eigenvalue weighted by atomic mass is 19.1. The monoisotopic (exact) mass is 407 g/mol. The van der Waals surface area contributed by atoms with E-state index in [9.17, 15) is 14.0 Å². The molecule has 2 aromatic rings. The number of methoxy groups -OCH3 is 1. The highest BCUT2D eigenvalue weighted by Crippen LogP contribution is 2.42. The molecule has 0 saturated heterocycles. The minimum atomic E-state index is -0.706. The van der Waals surface area contributed by atoms with Crippen LogP contribution < -0.4 is 4.74 Å². The number of esters is 1. The molecule has 0 aliphatic carbocycles. The van der Waals surface area contributed by atoms with Crippen molar-refractivity contribution in [3.63, 3.8) is 0 Å². The summed E-state index contributed by atoms with van der Waals surface area (Å²) in [7, 11) is 4.63. The van der Waals surface area contributed by atoms with Crippen molar-refractivity contribution < 1.29 is 23.5 Å². The summed E-state index contributed by atoms with van der Waals surface area (Å²) in [5.41, 5.74) is 3.44. The first-order chi connectivity index (χ1) is 14.3. The lowest BCUT2D eigenvalue weighted by molar-refractivity contribution is 0.0600. The van der Waals surface area contributed by atoms with Crippen LogP contribution in [0.4, 0.5) is 4.39 Å². The second-order valence-electron chi connectivity index (χ2n) is 6.97. The number of hydrogen-bond donors (Lipinski definition) is 0. The van der Waals surface area contributed by atoms with Gasteiger partial charge in [0.25, 0.3) is 5.91 Å². The van der Waals surface area contributed by atoms with Crippen molar-refractivity contribution in [2.45, 2.75) is 6.61 Å². The van der Waals surface area contributed by atoms with Gasteiger partial charge < -0.3 is 14.4 Å². The van der Waals surface area contributed by atoms with Gasteiger partial charge in [0.2, 0.25) is 0 Å². The van der Waals surface area contributed by atoms with Crippen LogP contribution in [0.3, 0.4) is 0 Å². The Morgan fingerprint density at radius 1 is 1.17 bits per heavy atom. The fourth-order valence-electron chi connectivity index (χ4n) is 3.38. The number of fused-ring (bicyclic) bond motifs is 3. The number of benzene rings is 2. The van der Waals surface area contributed by atoms with Crippen LogP contribution in [-0.4, -0.2) is 38.0 Å². The summed E-state index contributed by atoms with van der Waals surface area (Å²) in [4.78, 5) is 26.2. The molecule has 30 heavy (non-hydrogen) atoms. The van der Waals surface area contributed by atoms with Crippen LogP contribution in [0, 0.1) is 0 Å². The van der Waals surface area contributed by atoms with E-state index in [1.165, 1.54) is 24.2 Å². The summed E-state index contributed by atoms with van der Waals surface area (Å²) in [5.74, 6) is -0.943.